The highest BCUT2D eigenvalue weighted by molar-refractivity contribution is 6.35. The van der Waals surface area contributed by atoms with Crippen LogP contribution in [-0.4, -0.2) is 10.1 Å². The molecule has 1 aromatic heterocycles. The molecule has 2 aromatic carbocycles. The van der Waals surface area contributed by atoms with Gasteiger partial charge in [0, 0.05) is 17.0 Å². The summed E-state index contributed by atoms with van der Waals surface area (Å²) in [5, 5.41) is 10.8. The summed E-state index contributed by atoms with van der Waals surface area (Å²) in [6.45, 7) is 0. The molecule has 0 aliphatic rings. The second kappa shape index (κ2) is 3.50. The number of phenols is 1. The van der Waals surface area contributed by atoms with Crippen molar-refractivity contribution < 1.29 is 5.11 Å². The summed E-state index contributed by atoms with van der Waals surface area (Å²) < 4.78 is 0. The van der Waals surface area contributed by atoms with Crippen LogP contribution in [-0.2, 0) is 0 Å². The zero-order valence-corrected chi connectivity index (χ0v) is 9.45. The maximum absolute atomic E-state index is 12.2. The fourth-order valence-corrected chi connectivity index (χ4v) is 2.23. The summed E-state index contributed by atoms with van der Waals surface area (Å²) in [6.07, 6.45) is 0. The second-order valence-corrected chi connectivity index (χ2v) is 4.26. The standard InChI is InChI=1S/C13H8ClNO2/c14-10-6-7(16)5-9-12(10)15-11-4-2-1-3-8(11)13(9)17/h1-6,16H,(H,15,17). The fourth-order valence-electron chi connectivity index (χ4n) is 1.97. The molecule has 84 valence electrons. The van der Waals surface area contributed by atoms with Gasteiger partial charge in [-0.2, -0.15) is 0 Å². The van der Waals surface area contributed by atoms with Crippen LogP contribution in [0.15, 0.2) is 41.2 Å². The van der Waals surface area contributed by atoms with Gasteiger partial charge in [0.1, 0.15) is 5.75 Å². The van der Waals surface area contributed by atoms with Crippen LogP contribution in [0.4, 0.5) is 0 Å². The number of hydrogen-bond acceptors (Lipinski definition) is 2. The van der Waals surface area contributed by atoms with Crippen molar-refractivity contribution in [3.63, 3.8) is 0 Å². The molecule has 3 aromatic rings. The number of nitrogens with one attached hydrogen (secondary N) is 1. The zero-order chi connectivity index (χ0) is 12.0. The lowest BCUT2D eigenvalue weighted by Crippen LogP contribution is -2.04. The number of rotatable bonds is 0. The number of fused-ring (bicyclic) bond motifs is 2. The van der Waals surface area contributed by atoms with E-state index >= 15 is 0 Å². The molecule has 0 aliphatic carbocycles. The molecular weight excluding hydrogens is 238 g/mol. The molecule has 3 rings (SSSR count). The first-order valence-electron chi connectivity index (χ1n) is 5.10. The molecule has 1 heterocycles. The molecule has 0 atom stereocenters. The van der Waals surface area contributed by atoms with Gasteiger partial charge in [-0.05, 0) is 18.2 Å². The van der Waals surface area contributed by atoms with Gasteiger partial charge in [-0.15, -0.1) is 0 Å². The Morgan fingerprint density at radius 2 is 1.88 bits per heavy atom. The third-order valence-electron chi connectivity index (χ3n) is 2.75. The first-order valence-corrected chi connectivity index (χ1v) is 5.48. The van der Waals surface area contributed by atoms with Crippen molar-refractivity contribution in [3.05, 3.63) is 51.6 Å². The Kier molecular flexibility index (Phi) is 2.09. The predicted octanol–water partition coefficient (Wildman–Crippen LogP) is 3.04. The summed E-state index contributed by atoms with van der Waals surface area (Å²) in [5.41, 5.74) is 1.15. The maximum atomic E-state index is 12.2. The van der Waals surface area contributed by atoms with E-state index in [0.29, 0.717) is 21.3 Å². The van der Waals surface area contributed by atoms with Gasteiger partial charge in [0.25, 0.3) is 0 Å². The van der Waals surface area contributed by atoms with Crippen molar-refractivity contribution in [1.82, 2.24) is 4.98 Å². The number of pyridine rings is 1. The van der Waals surface area contributed by atoms with Crippen LogP contribution in [0.2, 0.25) is 5.02 Å². The Bertz CT molecular complexity index is 792. The summed E-state index contributed by atoms with van der Waals surface area (Å²) in [7, 11) is 0. The van der Waals surface area contributed by atoms with Gasteiger partial charge in [0.15, 0.2) is 5.43 Å². The van der Waals surface area contributed by atoms with Crippen LogP contribution in [0.25, 0.3) is 21.8 Å². The molecule has 0 saturated carbocycles. The van der Waals surface area contributed by atoms with E-state index in [0.717, 1.165) is 5.52 Å². The normalized spacial score (nSPS) is 11.1. The van der Waals surface area contributed by atoms with E-state index in [4.69, 9.17) is 11.6 Å². The highest BCUT2D eigenvalue weighted by Crippen LogP contribution is 2.26. The van der Waals surface area contributed by atoms with Gasteiger partial charge in [0.2, 0.25) is 0 Å². The topological polar surface area (TPSA) is 53.1 Å². The molecule has 17 heavy (non-hydrogen) atoms. The molecule has 0 aliphatic heterocycles. The van der Waals surface area contributed by atoms with Crippen molar-refractivity contribution in [2.75, 3.05) is 0 Å². The van der Waals surface area contributed by atoms with Gasteiger partial charge in [0.05, 0.1) is 15.9 Å². The summed E-state index contributed by atoms with van der Waals surface area (Å²) in [4.78, 5) is 15.3. The quantitative estimate of drug-likeness (QED) is 0.598. The van der Waals surface area contributed by atoms with E-state index in [1.165, 1.54) is 12.1 Å². The van der Waals surface area contributed by atoms with Crippen LogP contribution >= 0.6 is 11.6 Å². The minimum Gasteiger partial charge on any atom is -0.508 e. The maximum Gasteiger partial charge on any atom is 0.197 e. The molecular formula is C13H8ClNO2. The van der Waals surface area contributed by atoms with Gasteiger partial charge in [-0.3, -0.25) is 4.79 Å². The van der Waals surface area contributed by atoms with Crippen LogP contribution in [0.5, 0.6) is 5.75 Å². The lowest BCUT2D eigenvalue weighted by Gasteiger charge is -2.04. The Balaban J connectivity index is 2.64. The average molecular weight is 246 g/mol. The molecule has 0 amide bonds. The Morgan fingerprint density at radius 3 is 2.71 bits per heavy atom. The number of aromatic amines is 1. The Hall–Kier alpha value is -2.00. The van der Waals surface area contributed by atoms with E-state index in [2.05, 4.69) is 4.98 Å². The molecule has 0 fully saturated rings. The van der Waals surface area contributed by atoms with Crippen molar-refractivity contribution >= 4 is 33.4 Å². The van der Waals surface area contributed by atoms with E-state index in [-0.39, 0.29) is 11.2 Å². The number of halogens is 1. The third-order valence-corrected chi connectivity index (χ3v) is 3.05. The number of H-pyrrole nitrogens is 1. The van der Waals surface area contributed by atoms with Crippen LogP contribution in [0.1, 0.15) is 0 Å². The van der Waals surface area contributed by atoms with E-state index in [1.54, 1.807) is 12.1 Å². The predicted molar refractivity (Wildman–Crippen MR) is 68.7 cm³/mol. The summed E-state index contributed by atoms with van der Waals surface area (Å²) in [6, 6.07) is 10.0. The number of phenolic OH excluding ortho intramolecular Hbond substituents is 1. The molecule has 4 heteroatoms. The number of aromatic nitrogens is 1. The third kappa shape index (κ3) is 1.47. The summed E-state index contributed by atoms with van der Waals surface area (Å²) >= 11 is 6.00. The van der Waals surface area contributed by atoms with Crippen molar-refractivity contribution in [2.24, 2.45) is 0 Å². The van der Waals surface area contributed by atoms with E-state index in [1.807, 2.05) is 12.1 Å². The highest BCUT2D eigenvalue weighted by Gasteiger charge is 2.08. The average Bonchev–Trinajstić information content (AvgIpc) is 2.31. The Labute approximate surface area is 101 Å². The number of aromatic hydroxyl groups is 1. The monoisotopic (exact) mass is 245 g/mol. The number of para-hydroxylation sites is 1. The summed E-state index contributed by atoms with van der Waals surface area (Å²) in [5.74, 6) is -0.0109. The zero-order valence-electron chi connectivity index (χ0n) is 8.70. The minimum atomic E-state index is -0.132. The smallest absolute Gasteiger partial charge is 0.197 e. The lowest BCUT2D eigenvalue weighted by molar-refractivity contribution is 0.476. The molecule has 0 spiro atoms. The van der Waals surface area contributed by atoms with E-state index in [9.17, 15) is 9.90 Å². The van der Waals surface area contributed by atoms with Gasteiger partial charge in [-0.25, -0.2) is 0 Å². The van der Waals surface area contributed by atoms with Gasteiger partial charge in [-0.1, -0.05) is 23.7 Å². The highest BCUT2D eigenvalue weighted by atomic mass is 35.5. The van der Waals surface area contributed by atoms with Crippen molar-refractivity contribution in [2.45, 2.75) is 0 Å². The fraction of sp³-hybridized carbons (Fsp3) is 0. The molecule has 0 radical (unpaired) electrons. The Morgan fingerprint density at radius 1 is 1.12 bits per heavy atom. The van der Waals surface area contributed by atoms with E-state index < -0.39 is 0 Å². The van der Waals surface area contributed by atoms with Gasteiger partial charge < -0.3 is 10.1 Å². The SMILES string of the molecule is O=c1c2ccccc2[nH]c2c(Cl)cc(O)cc12. The molecule has 0 saturated heterocycles. The number of benzene rings is 2. The largest absolute Gasteiger partial charge is 0.508 e. The van der Waals surface area contributed by atoms with Gasteiger partial charge >= 0.3 is 0 Å². The molecule has 0 bridgehead atoms. The second-order valence-electron chi connectivity index (χ2n) is 3.85. The van der Waals surface area contributed by atoms with Crippen molar-refractivity contribution in [3.8, 4) is 5.75 Å². The van der Waals surface area contributed by atoms with Crippen molar-refractivity contribution in [1.29, 1.82) is 0 Å². The molecule has 3 nitrogen and oxygen atoms in total. The molecule has 0 unspecified atom stereocenters. The molecule has 2 N–H and O–H groups in total. The van der Waals surface area contributed by atoms with Crippen LogP contribution < -0.4 is 5.43 Å². The first kappa shape index (κ1) is 10.2. The van der Waals surface area contributed by atoms with Crippen LogP contribution in [0, 0.1) is 0 Å². The first-order chi connectivity index (χ1) is 8.16. The van der Waals surface area contributed by atoms with Crippen LogP contribution in [0.3, 0.4) is 0 Å². The number of hydrogen-bond donors (Lipinski definition) is 2. The minimum absolute atomic E-state index is 0.0109. The lowest BCUT2D eigenvalue weighted by atomic mass is 10.1.